The number of pyridine rings is 1. The molecule has 0 spiro atoms. The topological polar surface area (TPSA) is 106 Å². The fourth-order valence-electron chi connectivity index (χ4n) is 4.64. The van der Waals surface area contributed by atoms with Gasteiger partial charge in [-0.2, -0.15) is 0 Å². The third-order valence-electron chi connectivity index (χ3n) is 7.01. The highest BCUT2D eigenvalue weighted by Crippen LogP contribution is 2.33. The highest BCUT2D eigenvalue weighted by atomic mass is 16.5. The lowest BCUT2D eigenvalue weighted by atomic mass is 9.93. The molecular weight excluding hydrogens is 432 g/mol. The van der Waals surface area contributed by atoms with Crippen molar-refractivity contribution in [2.24, 2.45) is 5.92 Å². The Bertz CT molecular complexity index is 1220. The van der Waals surface area contributed by atoms with Gasteiger partial charge in [-0.1, -0.05) is 18.6 Å². The summed E-state index contributed by atoms with van der Waals surface area (Å²) < 4.78 is 7.08. The number of hydrogen-bond acceptors (Lipinski definition) is 7. The Morgan fingerprint density at radius 3 is 2.65 bits per heavy atom. The maximum absolute atomic E-state index is 13.4. The first-order valence-corrected chi connectivity index (χ1v) is 12.1. The molecule has 1 aromatic carbocycles. The summed E-state index contributed by atoms with van der Waals surface area (Å²) in [6.07, 6.45) is 2.16. The van der Waals surface area contributed by atoms with Gasteiger partial charge in [-0.25, -0.2) is 4.68 Å². The molecule has 4 rings (SSSR count). The number of likely N-dealkylation sites (tertiary alicyclic amines) is 1. The lowest BCUT2D eigenvalue weighted by Gasteiger charge is -2.37. The van der Waals surface area contributed by atoms with E-state index in [0.717, 1.165) is 22.9 Å². The molecule has 34 heavy (non-hydrogen) atoms. The zero-order valence-corrected chi connectivity index (χ0v) is 20.7. The molecule has 9 nitrogen and oxygen atoms in total. The normalized spacial score (nSPS) is 16.6. The molecular formula is C25H34N6O3. The van der Waals surface area contributed by atoms with Crippen LogP contribution < -0.4 is 5.56 Å². The minimum absolute atomic E-state index is 0.127. The number of aryl methyl sites for hydroxylation is 1. The minimum Gasteiger partial charge on any atom is -0.466 e. The number of aromatic amines is 1. The van der Waals surface area contributed by atoms with Gasteiger partial charge in [0.15, 0.2) is 5.82 Å². The molecule has 1 aliphatic heterocycles. The van der Waals surface area contributed by atoms with E-state index in [1.54, 1.807) is 0 Å². The van der Waals surface area contributed by atoms with Crippen LogP contribution in [0.3, 0.4) is 0 Å². The smallest absolute Gasteiger partial charge is 0.309 e. The SMILES string of the molecule is CCOC(=O)C1CCN(C(c2cc3cc(C)ccc3[nH]c2=O)c2nnnn2C(C)(C)CC)CC1. The number of nitrogens with one attached hydrogen (secondary N) is 1. The Hall–Kier alpha value is -3.07. The third-order valence-corrected chi connectivity index (χ3v) is 7.01. The molecule has 9 heteroatoms. The number of carbonyl (C=O) groups is 1. The molecule has 3 heterocycles. The van der Waals surface area contributed by atoms with Crippen molar-refractivity contribution in [2.45, 2.75) is 65.5 Å². The molecule has 0 bridgehead atoms. The average Bonchev–Trinajstić information content (AvgIpc) is 3.31. The van der Waals surface area contributed by atoms with E-state index in [2.05, 4.69) is 52.2 Å². The molecule has 3 aromatic rings. The molecule has 1 aliphatic rings. The number of aromatic nitrogens is 5. The molecule has 0 radical (unpaired) electrons. The molecule has 0 amide bonds. The second-order valence-electron chi connectivity index (χ2n) is 9.72. The van der Waals surface area contributed by atoms with E-state index in [9.17, 15) is 9.59 Å². The first kappa shape index (κ1) is 24.1. The largest absolute Gasteiger partial charge is 0.466 e. The van der Waals surface area contributed by atoms with Crippen LogP contribution in [0.1, 0.15) is 70.0 Å². The highest BCUT2D eigenvalue weighted by Gasteiger charge is 2.37. The predicted molar refractivity (Wildman–Crippen MR) is 130 cm³/mol. The number of fused-ring (bicyclic) bond motifs is 1. The number of benzene rings is 1. The van der Waals surface area contributed by atoms with Gasteiger partial charge in [0.25, 0.3) is 5.56 Å². The van der Waals surface area contributed by atoms with E-state index in [-0.39, 0.29) is 23.0 Å². The number of piperidine rings is 1. The van der Waals surface area contributed by atoms with Crippen LogP contribution in [0.4, 0.5) is 0 Å². The van der Waals surface area contributed by atoms with E-state index in [4.69, 9.17) is 4.74 Å². The number of H-pyrrole nitrogens is 1. The minimum atomic E-state index is -0.433. The van der Waals surface area contributed by atoms with Gasteiger partial charge in [-0.3, -0.25) is 14.5 Å². The molecule has 1 N–H and O–H groups in total. The standard InChI is InChI=1S/C25H34N6O3/c1-6-25(4,5)31-22(27-28-29-31)21(30-12-10-17(11-13-30)24(33)34-7-2)19-15-18-14-16(3)8-9-20(18)26-23(19)32/h8-9,14-15,17,21H,6-7,10-13H2,1-5H3,(H,26,32). The first-order valence-electron chi connectivity index (χ1n) is 12.1. The van der Waals surface area contributed by atoms with Crippen molar-refractivity contribution >= 4 is 16.9 Å². The van der Waals surface area contributed by atoms with Crippen molar-refractivity contribution < 1.29 is 9.53 Å². The number of tetrazole rings is 1. The first-order chi connectivity index (χ1) is 16.2. The Morgan fingerprint density at radius 2 is 1.97 bits per heavy atom. The second kappa shape index (κ2) is 9.66. The van der Waals surface area contributed by atoms with Crippen molar-refractivity contribution in [3.8, 4) is 0 Å². The summed E-state index contributed by atoms with van der Waals surface area (Å²) in [5, 5.41) is 13.7. The summed E-state index contributed by atoms with van der Waals surface area (Å²) in [7, 11) is 0. The fraction of sp³-hybridized carbons (Fsp3) is 0.560. The van der Waals surface area contributed by atoms with Crippen LogP contribution in [0.15, 0.2) is 29.1 Å². The summed E-state index contributed by atoms with van der Waals surface area (Å²) in [5.74, 6) is 0.367. The molecule has 0 aliphatic carbocycles. The van der Waals surface area contributed by atoms with Crippen molar-refractivity contribution in [1.29, 1.82) is 0 Å². The number of ether oxygens (including phenoxy) is 1. The van der Waals surface area contributed by atoms with E-state index >= 15 is 0 Å². The monoisotopic (exact) mass is 466 g/mol. The van der Waals surface area contributed by atoms with E-state index in [1.807, 2.05) is 36.7 Å². The van der Waals surface area contributed by atoms with Gasteiger partial charge in [0.1, 0.15) is 6.04 Å². The van der Waals surface area contributed by atoms with Crippen molar-refractivity contribution in [3.05, 3.63) is 51.6 Å². The Balaban J connectivity index is 1.79. The molecule has 1 fully saturated rings. The zero-order valence-electron chi connectivity index (χ0n) is 20.7. The van der Waals surface area contributed by atoms with Gasteiger partial charge in [-0.15, -0.1) is 5.10 Å². The van der Waals surface area contributed by atoms with Gasteiger partial charge in [0.2, 0.25) is 0 Å². The van der Waals surface area contributed by atoms with Crippen LogP contribution >= 0.6 is 0 Å². The van der Waals surface area contributed by atoms with Crippen molar-refractivity contribution in [3.63, 3.8) is 0 Å². The quantitative estimate of drug-likeness (QED) is 0.532. The predicted octanol–water partition coefficient (Wildman–Crippen LogP) is 3.33. The highest BCUT2D eigenvalue weighted by molar-refractivity contribution is 5.79. The lowest BCUT2D eigenvalue weighted by Crippen LogP contribution is -2.43. The zero-order chi connectivity index (χ0) is 24.5. The summed E-state index contributed by atoms with van der Waals surface area (Å²) in [6.45, 7) is 11.8. The second-order valence-corrected chi connectivity index (χ2v) is 9.72. The molecule has 182 valence electrons. The van der Waals surface area contributed by atoms with Gasteiger partial charge >= 0.3 is 5.97 Å². The van der Waals surface area contributed by atoms with Crippen molar-refractivity contribution in [2.75, 3.05) is 19.7 Å². The third kappa shape index (κ3) is 4.61. The molecule has 1 atom stereocenters. The number of carbonyl (C=O) groups excluding carboxylic acids is 1. The van der Waals surface area contributed by atoms with Crippen LogP contribution in [0.2, 0.25) is 0 Å². The summed E-state index contributed by atoms with van der Waals surface area (Å²) in [5.41, 5.74) is 2.05. The number of nitrogens with zero attached hydrogens (tertiary/aromatic N) is 5. The van der Waals surface area contributed by atoms with Gasteiger partial charge in [-0.05, 0) is 81.0 Å². The number of hydrogen-bond donors (Lipinski definition) is 1. The van der Waals surface area contributed by atoms with E-state index in [0.29, 0.717) is 43.9 Å². The Morgan fingerprint density at radius 1 is 1.24 bits per heavy atom. The molecule has 1 saturated heterocycles. The summed E-state index contributed by atoms with van der Waals surface area (Å²) >= 11 is 0. The van der Waals surface area contributed by atoms with E-state index in [1.165, 1.54) is 0 Å². The van der Waals surface area contributed by atoms with Gasteiger partial charge in [0, 0.05) is 24.2 Å². The van der Waals surface area contributed by atoms with Crippen LogP contribution in [-0.4, -0.2) is 55.8 Å². The Kier molecular flexibility index (Phi) is 6.84. The summed E-state index contributed by atoms with van der Waals surface area (Å²) in [4.78, 5) is 30.9. The van der Waals surface area contributed by atoms with Crippen molar-refractivity contribution in [1.82, 2.24) is 30.1 Å². The van der Waals surface area contributed by atoms with Crippen LogP contribution in [0.25, 0.3) is 10.9 Å². The fourth-order valence-corrected chi connectivity index (χ4v) is 4.64. The van der Waals surface area contributed by atoms with E-state index < -0.39 is 6.04 Å². The van der Waals surface area contributed by atoms with Gasteiger partial charge in [0.05, 0.1) is 18.1 Å². The maximum Gasteiger partial charge on any atom is 0.309 e. The Labute approximate surface area is 199 Å². The van der Waals surface area contributed by atoms with Crippen LogP contribution in [0, 0.1) is 12.8 Å². The number of rotatable bonds is 7. The van der Waals surface area contributed by atoms with Gasteiger partial charge < -0.3 is 9.72 Å². The maximum atomic E-state index is 13.4. The van der Waals surface area contributed by atoms with Crippen LogP contribution in [0.5, 0.6) is 0 Å². The summed E-state index contributed by atoms with van der Waals surface area (Å²) in [6, 6.07) is 7.51. The average molecular weight is 467 g/mol. The number of esters is 1. The molecule has 1 unspecified atom stereocenters. The lowest BCUT2D eigenvalue weighted by molar-refractivity contribution is -0.149. The molecule has 2 aromatic heterocycles. The molecule has 0 saturated carbocycles. The van der Waals surface area contributed by atoms with Crippen LogP contribution in [-0.2, 0) is 15.1 Å².